The highest BCUT2D eigenvalue weighted by molar-refractivity contribution is 5.83. The minimum atomic E-state index is -0.000602. The van der Waals surface area contributed by atoms with Crippen molar-refractivity contribution in [2.45, 2.75) is 6.61 Å². The van der Waals surface area contributed by atoms with Crippen molar-refractivity contribution in [3.8, 4) is 5.75 Å². The van der Waals surface area contributed by atoms with Crippen molar-refractivity contribution >= 4 is 10.9 Å². The predicted molar refractivity (Wildman–Crippen MR) is 54.2 cm³/mol. The molecule has 0 saturated carbocycles. The van der Waals surface area contributed by atoms with E-state index in [0.717, 1.165) is 22.2 Å². The normalized spacial score (nSPS) is 10.4. The van der Waals surface area contributed by atoms with Crippen molar-refractivity contribution in [3.05, 3.63) is 36.0 Å². The van der Waals surface area contributed by atoms with Crippen molar-refractivity contribution in [3.63, 3.8) is 0 Å². The summed E-state index contributed by atoms with van der Waals surface area (Å²) >= 11 is 0. The van der Waals surface area contributed by atoms with Crippen molar-refractivity contribution in [2.24, 2.45) is 0 Å². The van der Waals surface area contributed by atoms with E-state index in [0.29, 0.717) is 0 Å². The van der Waals surface area contributed by atoms with Crippen LogP contribution < -0.4 is 4.74 Å². The second-order valence-electron chi connectivity index (χ2n) is 3.01. The Morgan fingerprint density at radius 1 is 1.43 bits per heavy atom. The number of hydrogen-bond acceptors (Lipinski definition) is 3. The highest BCUT2D eigenvalue weighted by Gasteiger charge is 2.03. The predicted octanol–water partition coefficient (Wildman–Crippen LogP) is 1.74. The van der Waals surface area contributed by atoms with Crippen molar-refractivity contribution in [1.29, 1.82) is 0 Å². The lowest BCUT2D eigenvalue weighted by Crippen LogP contribution is -1.91. The molecule has 0 aliphatic carbocycles. The molecule has 0 atom stereocenters. The summed E-state index contributed by atoms with van der Waals surface area (Å²) in [5.74, 6) is 0.722. The first-order valence-electron chi connectivity index (χ1n) is 4.37. The lowest BCUT2D eigenvalue weighted by molar-refractivity contribution is 0.282. The van der Waals surface area contributed by atoms with Crippen molar-refractivity contribution in [1.82, 2.24) is 4.98 Å². The van der Waals surface area contributed by atoms with Gasteiger partial charge in [-0.2, -0.15) is 0 Å². The molecule has 1 N–H and O–H groups in total. The van der Waals surface area contributed by atoms with Gasteiger partial charge in [0.05, 0.1) is 19.2 Å². The molecule has 0 amide bonds. The molecule has 0 aliphatic rings. The van der Waals surface area contributed by atoms with Crippen LogP contribution in [-0.2, 0) is 6.61 Å². The molecule has 1 aromatic carbocycles. The van der Waals surface area contributed by atoms with Gasteiger partial charge in [-0.05, 0) is 17.7 Å². The molecule has 14 heavy (non-hydrogen) atoms. The number of methoxy groups -OCH3 is 1. The maximum absolute atomic E-state index is 9.17. The van der Waals surface area contributed by atoms with E-state index in [1.54, 1.807) is 13.3 Å². The summed E-state index contributed by atoms with van der Waals surface area (Å²) in [6.07, 6.45) is 1.73. The third-order valence-electron chi connectivity index (χ3n) is 2.19. The number of nitrogens with zero attached hydrogens (tertiary/aromatic N) is 1. The van der Waals surface area contributed by atoms with Gasteiger partial charge in [0.25, 0.3) is 0 Å². The molecule has 0 saturated heterocycles. The first kappa shape index (κ1) is 8.97. The van der Waals surface area contributed by atoms with Crippen LogP contribution in [0.2, 0.25) is 0 Å². The van der Waals surface area contributed by atoms with Crippen LogP contribution in [0.15, 0.2) is 30.5 Å². The van der Waals surface area contributed by atoms with Gasteiger partial charge in [-0.3, -0.25) is 4.98 Å². The summed E-state index contributed by atoms with van der Waals surface area (Å²) in [4.78, 5) is 4.21. The number of aliphatic hydroxyl groups is 1. The number of ether oxygens (including phenoxy) is 1. The van der Waals surface area contributed by atoms with E-state index in [1.165, 1.54) is 0 Å². The van der Waals surface area contributed by atoms with E-state index in [9.17, 15) is 5.11 Å². The van der Waals surface area contributed by atoms with Crippen LogP contribution in [0.4, 0.5) is 0 Å². The van der Waals surface area contributed by atoms with E-state index < -0.39 is 0 Å². The molecule has 0 unspecified atom stereocenters. The lowest BCUT2D eigenvalue weighted by Gasteiger charge is -2.06. The first-order chi connectivity index (χ1) is 6.85. The van der Waals surface area contributed by atoms with Gasteiger partial charge in [0.1, 0.15) is 5.75 Å². The molecule has 3 heteroatoms. The smallest absolute Gasteiger partial charge is 0.121 e. The van der Waals surface area contributed by atoms with Gasteiger partial charge in [0.15, 0.2) is 0 Å². The lowest BCUT2D eigenvalue weighted by atomic mass is 10.1. The fourth-order valence-electron chi connectivity index (χ4n) is 1.48. The van der Waals surface area contributed by atoms with Gasteiger partial charge in [0.2, 0.25) is 0 Å². The van der Waals surface area contributed by atoms with Crippen LogP contribution in [0.3, 0.4) is 0 Å². The molecule has 1 aromatic heterocycles. The zero-order valence-corrected chi connectivity index (χ0v) is 7.90. The van der Waals surface area contributed by atoms with Gasteiger partial charge in [0, 0.05) is 17.6 Å². The van der Waals surface area contributed by atoms with Gasteiger partial charge >= 0.3 is 0 Å². The van der Waals surface area contributed by atoms with E-state index in [1.807, 2.05) is 24.3 Å². The first-order valence-corrected chi connectivity index (χ1v) is 4.37. The summed E-state index contributed by atoms with van der Waals surface area (Å²) in [6, 6.07) is 7.47. The monoisotopic (exact) mass is 189 g/mol. The number of fused-ring (bicyclic) bond motifs is 1. The van der Waals surface area contributed by atoms with E-state index in [-0.39, 0.29) is 6.61 Å². The van der Waals surface area contributed by atoms with Crippen LogP contribution in [0.25, 0.3) is 10.9 Å². The highest BCUT2D eigenvalue weighted by atomic mass is 16.5. The number of hydrogen-bond donors (Lipinski definition) is 1. The number of pyridine rings is 1. The van der Waals surface area contributed by atoms with Crippen LogP contribution >= 0.6 is 0 Å². The molecular formula is C11H11NO2. The van der Waals surface area contributed by atoms with Crippen LogP contribution in [0, 0.1) is 0 Å². The number of aliphatic hydroxyl groups excluding tert-OH is 1. The Balaban J connectivity index is 2.73. The fraction of sp³-hybridized carbons (Fsp3) is 0.182. The third kappa shape index (κ3) is 1.42. The largest absolute Gasteiger partial charge is 0.497 e. The minimum absolute atomic E-state index is 0.000602. The summed E-state index contributed by atoms with van der Waals surface area (Å²) in [6.45, 7) is -0.000602. The Morgan fingerprint density at radius 3 is 3.00 bits per heavy atom. The molecule has 0 spiro atoms. The Labute approximate surface area is 82.0 Å². The molecule has 3 nitrogen and oxygen atoms in total. The molecule has 72 valence electrons. The zero-order chi connectivity index (χ0) is 9.97. The second-order valence-corrected chi connectivity index (χ2v) is 3.01. The molecule has 0 radical (unpaired) electrons. The van der Waals surface area contributed by atoms with E-state index in [2.05, 4.69) is 4.98 Å². The quantitative estimate of drug-likeness (QED) is 0.782. The Bertz CT molecular complexity index is 454. The number of aromatic nitrogens is 1. The molecule has 0 bridgehead atoms. The van der Waals surface area contributed by atoms with E-state index >= 15 is 0 Å². The maximum Gasteiger partial charge on any atom is 0.121 e. The number of rotatable bonds is 2. The Kier molecular flexibility index (Phi) is 2.33. The molecule has 2 aromatic rings. The topological polar surface area (TPSA) is 42.4 Å². The average molecular weight is 189 g/mol. The Morgan fingerprint density at radius 2 is 2.29 bits per heavy atom. The fourth-order valence-corrected chi connectivity index (χ4v) is 1.48. The summed E-state index contributed by atoms with van der Waals surface area (Å²) in [7, 11) is 1.60. The SMILES string of the molecule is COc1cc(CO)c2cccnc2c1. The van der Waals surface area contributed by atoms with Gasteiger partial charge in [-0.15, -0.1) is 0 Å². The highest BCUT2D eigenvalue weighted by Crippen LogP contribution is 2.23. The van der Waals surface area contributed by atoms with Crippen LogP contribution in [0.5, 0.6) is 5.75 Å². The second kappa shape index (κ2) is 3.64. The summed E-state index contributed by atoms with van der Waals surface area (Å²) < 4.78 is 5.11. The summed E-state index contributed by atoms with van der Waals surface area (Å²) in [5, 5.41) is 10.1. The summed E-state index contributed by atoms with van der Waals surface area (Å²) in [5.41, 5.74) is 1.68. The zero-order valence-electron chi connectivity index (χ0n) is 7.90. The molecular weight excluding hydrogens is 178 g/mol. The molecule has 1 heterocycles. The van der Waals surface area contributed by atoms with Crippen LogP contribution in [0.1, 0.15) is 5.56 Å². The van der Waals surface area contributed by atoms with Crippen molar-refractivity contribution < 1.29 is 9.84 Å². The third-order valence-corrected chi connectivity index (χ3v) is 2.19. The molecule has 2 rings (SSSR count). The van der Waals surface area contributed by atoms with E-state index in [4.69, 9.17) is 4.74 Å². The van der Waals surface area contributed by atoms with Gasteiger partial charge in [-0.25, -0.2) is 0 Å². The Hall–Kier alpha value is -1.61. The number of benzene rings is 1. The molecule has 0 fully saturated rings. The standard InChI is InChI=1S/C11H11NO2/c1-14-9-5-8(7-13)10-3-2-4-12-11(10)6-9/h2-6,13H,7H2,1H3. The van der Waals surface area contributed by atoms with Gasteiger partial charge in [-0.1, -0.05) is 6.07 Å². The maximum atomic E-state index is 9.17. The van der Waals surface area contributed by atoms with Crippen molar-refractivity contribution in [2.75, 3.05) is 7.11 Å². The average Bonchev–Trinajstić information content (AvgIpc) is 2.27. The van der Waals surface area contributed by atoms with Gasteiger partial charge < -0.3 is 9.84 Å². The minimum Gasteiger partial charge on any atom is -0.497 e. The molecule has 0 aliphatic heterocycles. The van der Waals surface area contributed by atoms with Crippen LogP contribution in [-0.4, -0.2) is 17.2 Å².